The molecule has 1 amide bonds. The average molecular weight is 405 g/mol. The Labute approximate surface area is 138 Å². The molecule has 1 aromatic rings. The molecular formula is C15H20INO4. The lowest BCUT2D eigenvalue weighted by Crippen LogP contribution is -2.41. The third-order valence-corrected chi connectivity index (χ3v) is 3.26. The second-order valence-electron chi connectivity index (χ2n) is 5.77. The van der Waals surface area contributed by atoms with Crippen LogP contribution in [0.25, 0.3) is 0 Å². The number of nitrogens with one attached hydrogen (secondary N) is 1. The molecule has 6 heteroatoms. The van der Waals surface area contributed by atoms with Gasteiger partial charge in [0.05, 0.1) is 6.42 Å². The molecule has 21 heavy (non-hydrogen) atoms. The second-order valence-corrected chi connectivity index (χ2v) is 7.02. The zero-order chi connectivity index (χ0) is 16.0. The summed E-state index contributed by atoms with van der Waals surface area (Å²) in [4.78, 5) is 22.7. The van der Waals surface area contributed by atoms with E-state index in [1.165, 1.54) is 0 Å². The van der Waals surface area contributed by atoms with Crippen LogP contribution in [-0.4, -0.2) is 28.8 Å². The molecule has 1 rings (SSSR count). The number of aliphatic carboxylic acids is 1. The topological polar surface area (TPSA) is 75.6 Å². The fraction of sp³-hybridized carbons (Fsp3) is 0.467. The van der Waals surface area contributed by atoms with Crippen molar-refractivity contribution in [1.82, 2.24) is 5.32 Å². The summed E-state index contributed by atoms with van der Waals surface area (Å²) < 4.78 is 6.27. The van der Waals surface area contributed by atoms with E-state index in [1.807, 2.05) is 24.3 Å². The van der Waals surface area contributed by atoms with Gasteiger partial charge < -0.3 is 15.2 Å². The van der Waals surface area contributed by atoms with Crippen LogP contribution < -0.4 is 5.32 Å². The molecule has 0 aliphatic heterocycles. The Balaban J connectivity index is 2.69. The van der Waals surface area contributed by atoms with Gasteiger partial charge in [-0.05, 0) is 67.5 Å². The number of rotatable bonds is 5. The molecule has 0 radical (unpaired) electrons. The Morgan fingerprint density at radius 1 is 1.29 bits per heavy atom. The molecule has 0 saturated heterocycles. The summed E-state index contributed by atoms with van der Waals surface area (Å²) in [5, 5.41) is 11.6. The Kier molecular flexibility index (Phi) is 6.44. The highest BCUT2D eigenvalue weighted by atomic mass is 127. The number of halogens is 1. The first-order valence-electron chi connectivity index (χ1n) is 6.61. The molecule has 0 unspecified atom stereocenters. The van der Waals surface area contributed by atoms with E-state index in [2.05, 4.69) is 27.9 Å². The molecule has 0 saturated carbocycles. The summed E-state index contributed by atoms with van der Waals surface area (Å²) in [5.74, 6) is -0.957. The maximum absolute atomic E-state index is 11.8. The van der Waals surface area contributed by atoms with Crippen LogP contribution in [0.1, 0.15) is 32.8 Å². The van der Waals surface area contributed by atoms with Crippen molar-refractivity contribution in [3.63, 3.8) is 0 Å². The second kappa shape index (κ2) is 7.63. The van der Waals surface area contributed by atoms with E-state index in [-0.39, 0.29) is 6.42 Å². The average Bonchev–Trinajstić information content (AvgIpc) is 2.28. The van der Waals surface area contributed by atoms with Crippen LogP contribution in [0.3, 0.4) is 0 Å². The van der Waals surface area contributed by atoms with Crippen molar-refractivity contribution >= 4 is 34.7 Å². The fourth-order valence-electron chi connectivity index (χ4n) is 1.76. The van der Waals surface area contributed by atoms with Crippen molar-refractivity contribution in [3.8, 4) is 0 Å². The van der Waals surface area contributed by atoms with Gasteiger partial charge in [0.1, 0.15) is 5.60 Å². The third kappa shape index (κ3) is 7.89. The van der Waals surface area contributed by atoms with Crippen molar-refractivity contribution in [1.29, 1.82) is 0 Å². The number of carboxylic acids is 1. The minimum Gasteiger partial charge on any atom is -0.481 e. The van der Waals surface area contributed by atoms with Crippen molar-refractivity contribution < 1.29 is 19.4 Å². The zero-order valence-corrected chi connectivity index (χ0v) is 14.5. The van der Waals surface area contributed by atoms with Crippen LogP contribution in [-0.2, 0) is 16.0 Å². The lowest BCUT2D eigenvalue weighted by atomic mass is 10.0. The van der Waals surface area contributed by atoms with Crippen LogP contribution in [0.2, 0.25) is 0 Å². The highest BCUT2D eigenvalue weighted by Gasteiger charge is 2.21. The van der Waals surface area contributed by atoms with Crippen molar-refractivity contribution in [2.75, 3.05) is 0 Å². The van der Waals surface area contributed by atoms with Gasteiger partial charge in [0.15, 0.2) is 0 Å². The smallest absolute Gasteiger partial charge is 0.407 e. The van der Waals surface area contributed by atoms with Crippen molar-refractivity contribution in [2.45, 2.75) is 45.3 Å². The summed E-state index contributed by atoms with van der Waals surface area (Å²) in [7, 11) is 0. The van der Waals surface area contributed by atoms with E-state index in [0.29, 0.717) is 6.42 Å². The largest absolute Gasteiger partial charge is 0.481 e. The normalized spacial score (nSPS) is 12.6. The first kappa shape index (κ1) is 17.7. The molecule has 0 bridgehead atoms. The number of benzene rings is 1. The van der Waals surface area contributed by atoms with E-state index >= 15 is 0 Å². The van der Waals surface area contributed by atoms with Gasteiger partial charge in [-0.15, -0.1) is 0 Å². The highest BCUT2D eigenvalue weighted by molar-refractivity contribution is 14.1. The van der Waals surface area contributed by atoms with Gasteiger partial charge in [0.2, 0.25) is 0 Å². The number of amides is 1. The quantitative estimate of drug-likeness (QED) is 0.738. The Morgan fingerprint density at radius 3 is 2.33 bits per heavy atom. The Morgan fingerprint density at radius 2 is 1.86 bits per heavy atom. The summed E-state index contributed by atoms with van der Waals surface area (Å²) in [5.41, 5.74) is 0.360. The van der Waals surface area contributed by atoms with Crippen LogP contribution in [0.15, 0.2) is 24.3 Å². The minimum atomic E-state index is -0.957. The minimum absolute atomic E-state index is 0.148. The van der Waals surface area contributed by atoms with Crippen molar-refractivity contribution in [3.05, 3.63) is 33.4 Å². The van der Waals surface area contributed by atoms with E-state index in [4.69, 9.17) is 9.84 Å². The fourth-order valence-corrected chi connectivity index (χ4v) is 2.12. The monoisotopic (exact) mass is 405 g/mol. The number of ether oxygens (including phenoxy) is 1. The number of hydrogen-bond donors (Lipinski definition) is 2. The van der Waals surface area contributed by atoms with Crippen molar-refractivity contribution in [2.24, 2.45) is 0 Å². The van der Waals surface area contributed by atoms with Gasteiger partial charge in [-0.2, -0.15) is 0 Å². The number of carbonyl (C=O) groups excluding carboxylic acids is 1. The van der Waals surface area contributed by atoms with Gasteiger partial charge in [0.25, 0.3) is 0 Å². The maximum Gasteiger partial charge on any atom is 0.407 e. The van der Waals surface area contributed by atoms with Gasteiger partial charge in [-0.25, -0.2) is 4.79 Å². The molecule has 0 heterocycles. The van der Waals surface area contributed by atoms with E-state index in [9.17, 15) is 9.59 Å². The SMILES string of the molecule is CC(C)(C)OC(=O)N[C@H](CC(=O)O)Cc1ccc(I)cc1. The molecule has 0 aromatic heterocycles. The Hall–Kier alpha value is -1.31. The molecule has 0 fully saturated rings. The van der Waals surface area contributed by atoms with Gasteiger partial charge in [-0.1, -0.05) is 12.1 Å². The van der Waals surface area contributed by atoms with E-state index in [0.717, 1.165) is 9.13 Å². The summed E-state index contributed by atoms with van der Waals surface area (Å²) in [6.07, 6.45) is -0.299. The number of carboxylic acid groups (broad SMARTS) is 1. The lowest BCUT2D eigenvalue weighted by Gasteiger charge is -2.23. The van der Waals surface area contributed by atoms with Crippen LogP contribution in [0, 0.1) is 3.57 Å². The first-order valence-corrected chi connectivity index (χ1v) is 7.69. The molecule has 1 atom stereocenters. The standard InChI is InChI=1S/C15H20INO4/c1-15(2,3)21-14(20)17-12(9-13(18)19)8-10-4-6-11(16)7-5-10/h4-7,12H,8-9H2,1-3H3,(H,17,20)(H,18,19)/t12-/m0/s1. The first-order chi connectivity index (χ1) is 9.65. The van der Waals surface area contributed by atoms with Gasteiger partial charge in [0, 0.05) is 9.61 Å². The zero-order valence-electron chi connectivity index (χ0n) is 12.4. The lowest BCUT2D eigenvalue weighted by molar-refractivity contribution is -0.137. The molecule has 5 nitrogen and oxygen atoms in total. The molecule has 0 aliphatic rings. The van der Waals surface area contributed by atoms with Crippen LogP contribution >= 0.6 is 22.6 Å². The predicted octanol–water partition coefficient (Wildman–Crippen LogP) is 3.20. The maximum atomic E-state index is 11.8. The van der Waals surface area contributed by atoms with Gasteiger partial charge >= 0.3 is 12.1 Å². The summed E-state index contributed by atoms with van der Waals surface area (Å²) in [6.45, 7) is 5.29. The summed E-state index contributed by atoms with van der Waals surface area (Å²) >= 11 is 2.20. The predicted molar refractivity (Wildman–Crippen MR) is 88.3 cm³/mol. The summed E-state index contributed by atoms with van der Waals surface area (Å²) in [6, 6.07) is 7.24. The van der Waals surface area contributed by atoms with Gasteiger partial charge in [-0.3, -0.25) is 4.79 Å². The highest BCUT2D eigenvalue weighted by Crippen LogP contribution is 2.12. The molecule has 2 N–H and O–H groups in total. The number of carbonyl (C=O) groups is 2. The number of hydrogen-bond acceptors (Lipinski definition) is 3. The molecule has 1 aromatic carbocycles. The molecule has 0 spiro atoms. The number of alkyl carbamates (subject to hydrolysis) is 1. The third-order valence-electron chi connectivity index (χ3n) is 2.54. The molecule has 0 aliphatic carbocycles. The van der Waals surface area contributed by atoms with Crippen LogP contribution in [0.4, 0.5) is 4.79 Å². The van der Waals surface area contributed by atoms with E-state index < -0.39 is 23.7 Å². The molecular weight excluding hydrogens is 385 g/mol. The Bertz CT molecular complexity index is 493. The molecule has 116 valence electrons. The van der Waals surface area contributed by atoms with E-state index in [1.54, 1.807) is 20.8 Å². The van der Waals surface area contributed by atoms with Crippen LogP contribution in [0.5, 0.6) is 0 Å².